The Hall–Kier alpha value is -1.40. The third kappa shape index (κ3) is 5.79. The van der Waals surface area contributed by atoms with Crippen LogP contribution in [0, 0.1) is 17.8 Å². The number of carboxylic acids is 1. The molecule has 2 fully saturated rings. The smallest absolute Gasteiger partial charge is 0.303 e. The third-order valence-corrected chi connectivity index (χ3v) is 5.76. The molecule has 2 aliphatic rings. The molecule has 5 nitrogen and oxygen atoms in total. The van der Waals surface area contributed by atoms with Crippen LogP contribution in [0.3, 0.4) is 0 Å². The Balaban J connectivity index is 1.95. The molecular formula is C21H33FO5. The molecule has 1 saturated heterocycles. The summed E-state index contributed by atoms with van der Waals surface area (Å²) in [5, 5.41) is 29.2. The second-order valence-corrected chi connectivity index (χ2v) is 7.90. The molecule has 154 valence electrons. The largest absolute Gasteiger partial charge is 0.491 e. The number of halogens is 1. The number of alkyl halides is 1. The molecule has 0 amide bonds. The van der Waals surface area contributed by atoms with Crippen LogP contribution >= 0.6 is 0 Å². The van der Waals surface area contributed by atoms with Gasteiger partial charge in [-0.05, 0) is 31.3 Å². The standard InChI is InChI=1S/C21H33FO5/c1-3-4-7-13(2)15(23)11-10-14-16(24)12-18-20(14)21(22)17(27-18)8-5-6-9-19(25)26/h8,10-11,13-16,18,20-21,23-24H,3-7,9,12H2,1-2H3,(H,25,26)/t13?,14-,15-,16+,18-,20+,21?/m0/s1. The molecule has 0 spiro atoms. The molecule has 1 saturated carbocycles. The van der Waals surface area contributed by atoms with Crippen LogP contribution in [0.4, 0.5) is 4.39 Å². The average molecular weight is 384 g/mol. The molecular weight excluding hydrogens is 351 g/mol. The number of allylic oxidation sites excluding steroid dienone is 2. The van der Waals surface area contributed by atoms with Crippen molar-refractivity contribution in [2.75, 3.05) is 0 Å². The Kier molecular flexibility index (Phi) is 8.29. The lowest BCUT2D eigenvalue weighted by Crippen LogP contribution is -2.25. The number of fused-ring (bicyclic) bond motifs is 1. The van der Waals surface area contributed by atoms with Crippen LogP contribution in [0.15, 0.2) is 24.0 Å². The van der Waals surface area contributed by atoms with Crippen LogP contribution in [0.2, 0.25) is 0 Å². The van der Waals surface area contributed by atoms with Crippen LogP contribution in [0.5, 0.6) is 0 Å². The number of carboxylic acid groups (broad SMARTS) is 1. The summed E-state index contributed by atoms with van der Waals surface area (Å²) < 4.78 is 20.6. The van der Waals surface area contributed by atoms with Gasteiger partial charge < -0.3 is 20.1 Å². The normalized spacial score (nSPS) is 34.0. The van der Waals surface area contributed by atoms with Gasteiger partial charge in [0.1, 0.15) is 11.9 Å². The fourth-order valence-electron chi connectivity index (χ4n) is 4.04. The molecule has 0 radical (unpaired) electrons. The monoisotopic (exact) mass is 384 g/mol. The van der Waals surface area contributed by atoms with Gasteiger partial charge in [-0.3, -0.25) is 4.79 Å². The summed E-state index contributed by atoms with van der Waals surface area (Å²) in [5.41, 5.74) is 0. The molecule has 27 heavy (non-hydrogen) atoms. The van der Waals surface area contributed by atoms with Gasteiger partial charge >= 0.3 is 5.97 Å². The summed E-state index contributed by atoms with van der Waals surface area (Å²) in [6, 6.07) is 0. The van der Waals surface area contributed by atoms with Crippen molar-refractivity contribution in [3.05, 3.63) is 24.0 Å². The number of carbonyl (C=O) groups is 1. The number of hydrogen-bond donors (Lipinski definition) is 3. The van der Waals surface area contributed by atoms with E-state index in [2.05, 4.69) is 6.92 Å². The van der Waals surface area contributed by atoms with Gasteiger partial charge in [-0.25, -0.2) is 4.39 Å². The van der Waals surface area contributed by atoms with Crippen molar-refractivity contribution in [3.63, 3.8) is 0 Å². The summed E-state index contributed by atoms with van der Waals surface area (Å²) >= 11 is 0. The Labute approximate surface area is 160 Å². The highest BCUT2D eigenvalue weighted by atomic mass is 19.1. The van der Waals surface area contributed by atoms with E-state index in [-0.39, 0.29) is 30.1 Å². The third-order valence-electron chi connectivity index (χ3n) is 5.76. The molecule has 1 aliphatic carbocycles. The van der Waals surface area contributed by atoms with E-state index in [0.29, 0.717) is 19.3 Å². The molecule has 0 bridgehead atoms. The first kappa shape index (κ1) is 21.9. The molecule has 1 heterocycles. The van der Waals surface area contributed by atoms with Crippen molar-refractivity contribution in [3.8, 4) is 0 Å². The van der Waals surface area contributed by atoms with Crippen LogP contribution < -0.4 is 0 Å². The van der Waals surface area contributed by atoms with E-state index in [9.17, 15) is 19.4 Å². The zero-order valence-corrected chi connectivity index (χ0v) is 16.3. The Morgan fingerprint density at radius 3 is 2.81 bits per heavy atom. The Morgan fingerprint density at radius 2 is 2.15 bits per heavy atom. The van der Waals surface area contributed by atoms with E-state index in [1.807, 2.05) is 6.92 Å². The SMILES string of the molecule is CCCCC(C)[C@@H](O)C=C[C@@H]1[C@H]2C(F)C(=CCCCC(=O)O)O[C@H]2C[C@H]1O. The van der Waals surface area contributed by atoms with Crippen LogP contribution in [-0.2, 0) is 9.53 Å². The van der Waals surface area contributed by atoms with E-state index < -0.39 is 30.3 Å². The zero-order chi connectivity index (χ0) is 20.0. The van der Waals surface area contributed by atoms with Crippen LogP contribution in [0.25, 0.3) is 0 Å². The number of ether oxygens (including phenoxy) is 1. The van der Waals surface area contributed by atoms with Gasteiger partial charge in [-0.1, -0.05) is 38.8 Å². The quantitative estimate of drug-likeness (QED) is 0.396. The zero-order valence-electron chi connectivity index (χ0n) is 16.3. The van der Waals surface area contributed by atoms with E-state index in [0.717, 1.165) is 19.3 Å². The fourth-order valence-corrected chi connectivity index (χ4v) is 4.04. The first-order valence-corrected chi connectivity index (χ1v) is 10.1. The number of aliphatic carboxylic acids is 1. The summed E-state index contributed by atoms with van der Waals surface area (Å²) in [5.74, 6) is -1.32. The maximum absolute atomic E-state index is 14.9. The number of aliphatic hydroxyl groups is 2. The predicted octanol–water partition coefficient (Wildman–Crippen LogP) is 3.60. The predicted molar refractivity (Wildman–Crippen MR) is 101 cm³/mol. The molecule has 2 rings (SSSR count). The first-order chi connectivity index (χ1) is 12.8. The van der Waals surface area contributed by atoms with Crippen LogP contribution in [-0.4, -0.2) is 45.8 Å². The van der Waals surface area contributed by atoms with Gasteiger partial charge in [-0.15, -0.1) is 0 Å². The second kappa shape index (κ2) is 10.2. The first-order valence-electron chi connectivity index (χ1n) is 10.1. The minimum Gasteiger partial charge on any atom is -0.491 e. The highest BCUT2D eigenvalue weighted by Gasteiger charge is 2.53. The van der Waals surface area contributed by atoms with Crippen molar-refractivity contribution in [2.24, 2.45) is 17.8 Å². The summed E-state index contributed by atoms with van der Waals surface area (Å²) in [6.07, 6.45) is 6.51. The number of unbranched alkanes of at least 4 members (excludes halogenated alkanes) is 2. The van der Waals surface area contributed by atoms with Gasteiger partial charge in [-0.2, -0.15) is 0 Å². The highest BCUT2D eigenvalue weighted by Crippen LogP contribution is 2.47. The minimum atomic E-state index is -1.30. The van der Waals surface area contributed by atoms with Gasteiger partial charge in [0.2, 0.25) is 0 Å². The number of hydrogen-bond acceptors (Lipinski definition) is 4. The van der Waals surface area contributed by atoms with Gasteiger partial charge in [0.15, 0.2) is 6.17 Å². The van der Waals surface area contributed by atoms with Crippen molar-refractivity contribution in [2.45, 2.75) is 83.3 Å². The maximum atomic E-state index is 14.9. The van der Waals surface area contributed by atoms with Crippen molar-refractivity contribution in [1.29, 1.82) is 0 Å². The molecule has 7 atom stereocenters. The van der Waals surface area contributed by atoms with Gasteiger partial charge in [0, 0.05) is 24.7 Å². The van der Waals surface area contributed by atoms with E-state index in [4.69, 9.17) is 9.84 Å². The Morgan fingerprint density at radius 1 is 1.41 bits per heavy atom. The van der Waals surface area contributed by atoms with Gasteiger partial charge in [0.05, 0.1) is 12.2 Å². The summed E-state index contributed by atoms with van der Waals surface area (Å²) in [7, 11) is 0. The number of rotatable bonds is 10. The topological polar surface area (TPSA) is 87.0 Å². The van der Waals surface area contributed by atoms with Crippen molar-refractivity contribution < 1.29 is 29.2 Å². The summed E-state index contributed by atoms with van der Waals surface area (Å²) in [4.78, 5) is 10.5. The van der Waals surface area contributed by atoms with Crippen molar-refractivity contribution in [1.82, 2.24) is 0 Å². The molecule has 6 heteroatoms. The number of aliphatic hydroxyl groups excluding tert-OH is 2. The highest BCUT2D eigenvalue weighted by molar-refractivity contribution is 5.66. The lowest BCUT2D eigenvalue weighted by atomic mass is 9.88. The molecule has 1 aliphatic heterocycles. The van der Waals surface area contributed by atoms with E-state index in [1.54, 1.807) is 18.2 Å². The molecule has 0 aromatic carbocycles. The molecule has 2 unspecified atom stereocenters. The molecule has 3 N–H and O–H groups in total. The lowest BCUT2D eigenvalue weighted by Gasteiger charge is -2.20. The maximum Gasteiger partial charge on any atom is 0.303 e. The van der Waals surface area contributed by atoms with E-state index in [1.165, 1.54) is 0 Å². The average Bonchev–Trinajstić information content (AvgIpc) is 3.09. The van der Waals surface area contributed by atoms with Crippen LogP contribution in [0.1, 0.15) is 58.8 Å². The lowest BCUT2D eigenvalue weighted by molar-refractivity contribution is -0.137. The minimum absolute atomic E-state index is 0.0474. The van der Waals surface area contributed by atoms with Crippen molar-refractivity contribution >= 4 is 5.97 Å². The second-order valence-electron chi connectivity index (χ2n) is 7.90. The Bertz CT molecular complexity index is 547. The van der Waals surface area contributed by atoms with Gasteiger partial charge in [0.25, 0.3) is 0 Å². The van der Waals surface area contributed by atoms with E-state index >= 15 is 0 Å². The summed E-state index contributed by atoms with van der Waals surface area (Å²) in [6.45, 7) is 4.10. The molecule has 0 aromatic rings. The molecule has 0 aromatic heterocycles. The fraction of sp³-hybridized carbons (Fsp3) is 0.762.